The molecule has 0 radical (unpaired) electrons. The van der Waals surface area contributed by atoms with Gasteiger partial charge in [0, 0.05) is 18.0 Å². The van der Waals surface area contributed by atoms with Crippen LogP contribution in [-0.2, 0) is 19.1 Å². The highest BCUT2D eigenvalue weighted by atomic mass is 19.1. The molecule has 1 aliphatic heterocycles. The molecule has 1 aromatic heterocycles. The number of aromatic nitrogens is 3. The van der Waals surface area contributed by atoms with E-state index in [1.165, 1.54) is 60.9 Å². The lowest BCUT2D eigenvalue weighted by molar-refractivity contribution is -0.139. The number of methoxy groups -OCH3 is 2. The van der Waals surface area contributed by atoms with Crippen LogP contribution in [0.15, 0.2) is 66.6 Å². The molecule has 3 rings (SSSR count). The summed E-state index contributed by atoms with van der Waals surface area (Å²) >= 11 is 0. The highest BCUT2D eigenvalue weighted by Crippen LogP contribution is 2.28. The van der Waals surface area contributed by atoms with Crippen molar-refractivity contribution in [3.8, 4) is 5.69 Å². The quantitative estimate of drug-likeness (QED) is 0.760. The lowest BCUT2D eigenvalue weighted by atomic mass is 10.1. The van der Waals surface area contributed by atoms with Crippen molar-refractivity contribution in [3.63, 3.8) is 0 Å². The Morgan fingerprint density at radius 1 is 1.11 bits per heavy atom. The van der Waals surface area contributed by atoms with Crippen molar-refractivity contribution in [1.29, 1.82) is 0 Å². The van der Waals surface area contributed by atoms with Gasteiger partial charge in [-0.1, -0.05) is 6.08 Å². The number of anilines is 1. The molecule has 0 spiro atoms. The second-order valence-corrected chi connectivity index (χ2v) is 5.29. The minimum atomic E-state index is -0.771. The van der Waals surface area contributed by atoms with Gasteiger partial charge in [0.1, 0.15) is 24.0 Å². The molecule has 27 heavy (non-hydrogen) atoms. The molecule has 9 heteroatoms. The minimum absolute atomic E-state index is 0.0184. The Morgan fingerprint density at radius 2 is 1.89 bits per heavy atom. The zero-order valence-electron chi connectivity index (χ0n) is 14.5. The molecular weight excluding hydrogens is 355 g/mol. The first-order valence-electron chi connectivity index (χ1n) is 7.76. The van der Waals surface area contributed by atoms with Crippen LogP contribution in [0.5, 0.6) is 0 Å². The molecule has 1 aliphatic rings. The summed E-state index contributed by atoms with van der Waals surface area (Å²) in [6.45, 7) is 0. The lowest BCUT2D eigenvalue weighted by Crippen LogP contribution is -2.27. The van der Waals surface area contributed by atoms with E-state index in [0.29, 0.717) is 5.69 Å². The molecule has 0 amide bonds. The van der Waals surface area contributed by atoms with Gasteiger partial charge in [-0.2, -0.15) is 5.10 Å². The number of halogens is 1. The van der Waals surface area contributed by atoms with Crippen molar-refractivity contribution in [3.05, 3.63) is 72.4 Å². The maximum atomic E-state index is 14.6. The lowest BCUT2D eigenvalue weighted by Gasteiger charge is -2.23. The van der Waals surface area contributed by atoms with Crippen LogP contribution in [0, 0.1) is 5.82 Å². The first-order valence-corrected chi connectivity index (χ1v) is 7.76. The number of rotatable bonds is 4. The Kier molecular flexibility index (Phi) is 5.11. The Labute approximate surface area is 153 Å². The van der Waals surface area contributed by atoms with Crippen LogP contribution in [0.25, 0.3) is 5.69 Å². The molecule has 1 aromatic carbocycles. The van der Waals surface area contributed by atoms with E-state index in [1.54, 1.807) is 18.2 Å². The van der Waals surface area contributed by atoms with Crippen LogP contribution in [0.2, 0.25) is 0 Å². The molecule has 0 saturated carbocycles. The van der Waals surface area contributed by atoms with Gasteiger partial charge in [-0.15, -0.1) is 0 Å². The summed E-state index contributed by atoms with van der Waals surface area (Å²) < 4.78 is 25.4. The molecule has 2 heterocycles. The molecule has 0 atom stereocenters. The van der Waals surface area contributed by atoms with Crippen LogP contribution in [0.3, 0.4) is 0 Å². The van der Waals surface area contributed by atoms with Gasteiger partial charge >= 0.3 is 11.9 Å². The molecule has 0 unspecified atom stereocenters. The van der Waals surface area contributed by atoms with Crippen molar-refractivity contribution in [1.82, 2.24) is 14.8 Å². The summed E-state index contributed by atoms with van der Waals surface area (Å²) in [5.41, 5.74) is 0.375. The number of allylic oxidation sites excluding steroid dienone is 2. The molecule has 0 aliphatic carbocycles. The number of esters is 2. The topological polar surface area (TPSA) is 86.6 Å². The van der Waals surface area contributed by atoms with E-state index < -0.39 is 17.8 Å². The van der Waals surface area contributed by atoms with Gasteiger partial charge in [0.25, 0.3) is 0 Å². The molecule has 138 valence electrons. The van der Waals surface area contributed by atoms with E-state index >= 15 is 0 Å². The van der Waals surface area contributed by atoms with Gasteiger partial charge in [0.2, 0.25) is 0 Å². The van der Waals surface area contributed by atoms with Gasteiger partial charge in [-0.25, -0.2) is 23.6 Å². The first kappa shape index (κ1) is 18.1. The molecule has 0 N–H and O–H groups in total. The fourth-order valence-corrected chi connectivity index (χ4v) is 2.53. The summed E-state index contributed by atoms with van der Waals surface area (Å²) in [6, 6.07) is 4.27. The van der Waals surface area contributed by atoms with Crippen molar-refractivity contribution < 1.29 is 23.5 Å². The Bertz CT molecular complexity index is 964. The predicted molar refractivity (Wildman–Crippen MR) is 93.1 cm³/mol. The van der Waals surface area contributed by atoms with Crippen LogP contribution >= 0.6 is 0 Å². The average molecular weight is 370 g/mol. The SMILES string of the molecule is COC(=O)C1=C(C(=O)OC)N(c2ccc(-n3cncn3)c(F)c2)C=CC=C1. The molecule has 0 saturated heterocycles. The Balaban J connectivity index is 2.12. The third kappa shape index (κ3) is 3.47. The van der Waals surface area contributed by atoms with Crippen LogP contribution in [0.1, 0.15) is 0 Å². The highest BCUT2D eigenvalue weighted by molar-refractivity contribution is 6.05. The standard InChI is InChI=1S/C18H15FN4O4/c1-26-17(24)13-5-3-4-8-22(16(13)18(25)27-2)12-6-7-15(14(19)9-12)23-11-20-10-21-23/h3-11H,1-2H3. The number of nitrogens with zero attached hydrogens (tertiary/aromatic N) is 4. The zero-order chi connectivity index (χ0) is 19.4. The van der Waals surface area contributed by atoms with Crippen molar-refractivity contribution in [2.75, 3.05) is 19.1 Å². The van der Waals surface area contributed by atoms with Crippen LogP contribution in [0.4, 0.5) is 10.1 Å². The smallest absolute Gasteiger partial charge is 0.355 e. The number of ether oxygens (including phenoxy) is 2. The number of hydrogen-bond acceptors (Lipinski definition) is 7. The van der Waals surface area contributed by atoms with E-state index in [-0.39, 0.29) is 17.0 Å². The highest BCUT2D eigenvalue weighted by Gasteiger charge is 2.27. The molecule has 0 bridgehead atoms. The second kappa shape index (κ2) is 7.65. The van der Waals surface area contributed by atoms with Gasteiger partial charge in [0.05, 0.1) is 19.8 Å². The minimum Gasteiger partial charge on any atom is -0.465 e. The fourth-order valence-electron chi connectivity index (χ4n) is 2.53. The maximum Gasteiger partial charge on any atom is 0.355 e. The Morgan fingerprint density at radius 3 is 2.52 bits per heavy atom. The summed E-state index contributed by atoms with van der Waals surface area (Å²) in [5, 5.41) is 3.89. The van der Waals surface area contributed by atoms with Gasteiger partial charge in [-0.3, -0.25) is 0 Å². The van der Waals surface area contributed by atoms with E-state index in [0.717, 1.165) is 0 Å². The first-order chi connectivity index (χ1) is 13.1. The van der Waals surface area contributed by atoms with Gasteiger partial charge < -0.3 is 14.4 Å². The Hall–Kier alpha value is -3.75. The van der Waals surface area contributed by atoms with Crippen LogP contribution < -0.4 is 4.90 Å². The molecule has 2 aromatic rings. The molecule has 8 nitrogen and oxygen atoms in total. The summed E-state index contributed by atoms with van der Waals surface area (Å²) in [4.78, 5) is 29.6. The summed E-state index contributed by atoms with van der Waals surface area (Å²) in [5.74, 6) is -2.08. The normalized spacial score (nSPS) is 13.5. The second-order valence-electron chi connectivity index (χ2n) is 5.29. The summed E-state index contributed by atoms with van der Waals surface area (Å²) in [7, 11) is 2.39. The van der Waals surface area contributed by atoms with E-state index in [1.807, 2.05) is 0 Å². The number of carbonyl (C=O) groups excluding carboxylic acids is 2. The van der Waals surface area contributed by atoms with E-state index in [2.05, 4.69) is 10.1 Å². The van der Waals surface area contributed by atoms with E-state index in [4.69, 9.17) is 9.47 Å². The van der Waals surface area contributed by atoms with Crippen molar-refractivity contribution in [2.45, 2.75) is 0 Å². The third-order valence-electron chi connectivity index (χ3n) is 3.76. The maximum absolute atomic E-state index is 14.6. The number of benzene rings is 1. The number of hydrogen-bond donors (Lipinski definition) is 0. The van der Waals surface area contributed by atoms with Crippen LogP contribution in [-0.4, -0.2) is 40.9 Å². The zero-order valence-corrected chi connectivity index (χ0v) is 14.5. The third-order valence-corrected chi connectivity index (χ3v) is 3.76. The number of carbonyl (C=O) groups is 2. The average Bonchev–Trinajstić information content (AvgIpc) is 3.12. The van der Waals surface area contributed by atoms with Gasteiger partial charge in [-0.05, 0) is 24.3 Å². The summed E-state index contributed by atoms with van der Waals surface area (Å²) in [6.07, 6.45) is 8.76. The van der Waals surface area contributed by atoms with Gasteiger partial charge in [0.15, 0.2) is 5.82 Å². The molecular formula is C18H15FN4O4. The molecule has 0 fully saturated rings. The predicted octanol–water partition coefficient (Wildman–Crippen LogP) is 1.90. The largest absolute Gasteiger partial charge is 0.465 e. The fraction of sp³-hybridized carbons (Fsp3) is 0.111. The van der Waals surface area contributed by atoms with Crippen molar-refractivity contribution in [2.24, 2.45) is 0 Å². The monoisotopic (exact) mass is 370 g/mol. The van der Waals surface area contributed by atoms with Crippen molar-refractivity contribution >= 4 is 17.6 Å². The van der Waals surface area contributed by atoms with E-state index in [9.17, 15) is 14.0 Å².